The summed E-state index contributed by atoms with van der Waals surface area (Å²) in [5, 5.41) is 0. The fourth-order valence-corrected chi connectivity index (χ4v) is 2.13. The first-order valence-corrected chi connectivity index (χ1v) is 7.21. The highest BCUT2D eigenvalue weighted by molar-refractivity contribution is 6.00. The minimum Gasteiger partial charge on any atom is -0.462 e. The summed E-state index contributed by atoms with van der Waals surface area (Å²) in [5.74, 6) is -0.813. The lowest BCUT2D eigenvalue weighted by atomic mass is 9.97. The third kappa shape index (κ3) is 3.52. The number of esters is 2. The zero-order valence-corrected chi connectivity index (χ0v) is 12.7. The normalized spacial score (nSPS) is 10.1. The van der Waals surface area contributed by atoms with Gasteiger partial charge in [-0.2, -0.15) is 0 Å². The maximum Gasteiger partial charge on any atom is 0.338 e. The summed E-state index contributed by atoms with van der Waals surface area (Å²) in [6, 6.07) is 14.3. The maximum atomic E-state index is 12.1. The van der Waals surface area contributed by atoms with Gasteiger partial charge in [-0.1, -0.05) is 30.3 Å². The molecule has 0 radical (unpaired) electrons. The Hall–Kier alpha value is -2.62. The van der Waals surface area contributed by atoms with Crippen LogP contribution in [0.25, 0.3) is 11.1 Å². The number of rotatable bonds is 5. The second-order valence-corrected chi connectivity index (χ2v) is 4.57. The maximum absolute atomic E-state index is 12.1. The van der Waals surface area contributed by atoms with E-state index in [-0.39, 0.29) is 0 Å². The molecule has 0 aliphatic carbocycles. The molecule has 0 fully saturated rings. The summed E-state index contributed by atoms with van der Waals surface area (Å²) in [6.07, 6.45) is 0. The lowest BCUT2D eigenvalue weighted by Gasteiger charge is -2.11. The van der Waals surface area contributed by atoms with Crippen LogP contribution in [-0.4, -0.2) is 25.2 Å². The summed E-state index contributed by atoms with van der Waals surface area (Å²) in [7, 11) is 0. The Kier molecular flexibility index (Phi) is 5.31. The van der Waals surface area contributed by atoms with Crippen molar-refractivity contribution in [1.29, 1.82) is 0 Å². The molecule has 4 nitrogen and oxygen atoms in total. The number of ether oxygens (including phenoxy) is 2. The summed E-state index contributed by atoms with van der Waals surface area (Å²) >= 11 is 0. The van der Waals surface area contributed by atoms with E-state index in [0.717, 1.165) is 5.56 Å². The molecule has 0 aliphatic rings. The largest absolute Gasteiger partial charge is 0.462 e. The Balaban J connectivity index is 2.51. The number of carbonyl (C=O) groups excluding carboxylic acids is 2. The molecule has 2 rings (SSSR count). The molecule has 2 aromatic rings. The van der Waals surface area contributed by atoms with Gasteiger partial charge >= 0.3 is 11.9 Å². The van der Waals surface area contributed by atoms with Gasteiger partial charge < -0.3 is 9.47 Å². The third-order valence-electron chi connectivity index (χ3n) is 3.11. The average Bonchev–Trinajstić information content (AvgIpc) is 2.55. The second kappa shape index (κ2) is 7.41. The van der Waals surface area contributed by atoms with Gasteiger partial charge in [-0.15, -0.1) is 0 Å². The zero-order chi connectivity index (χ0) is 15.9. The molecule has 4 heteroatoms. The highest BCUT2D eigenvalue weighted by Crippen LogP contribution is 2.26. The molecule has 0 atom stereocenters. The molecule has 0 spiro atoms. The van der Waals surface area contributed by atoms with Crippen LogP contribution in [0.1, 0.15) is 34.6 Å². The van der Waals surface area contributed by atoms with E-state index in [4.69, 9.17) is 9.47 Å². The van der Waals surface area contributed by atoms with Crippen LogP contribution >= 0.6 is 0 Å². The molecule has 0 amide bonds. The van der Waals surface area contributed by atoms with Crippen LogP contribution in [0.2, 0.25) is 0 Å². The molecule has 0 N–H and O–H groups in total. The van der Waals surface area contributed by atoms with Crippen LogP contribution in [-0.2, 0) is 9.47 Å². The molecule has 0 saturated carbocycles. The predicted octanol–water partition coefficient (Wildman–Crippen LogP) is 3.71. The van der Waals surface area contributed by atoms with E-state index in [9.17, 15) is 9.59 Å². The minimum absolute atomic E-state index is 0.298. The smallest absolute Gasteiger partial charge is 0.338 e. The van der Waals surface area contributed by atoms with Crippen molar-refractivity contribution in [3.8, 4) is 11.1 Å². The van der Waals surface area contributed by atoms with Crippen LogP contribution < -0.4 is 0 Å². The molecule has 22 heavy (non-hydrogen) atoms. The first-order valence-electron chi connectivity index (χ1n) is 7.21. The minimum atomic E-state index is -0.407. The Morgan fingerprint density at radius 1 is 0.864 bits per heavy atom. The molecule has 0 aliphatic heterocycles. The molecule has 0 saturated heterocycles. The quantitative estimate of drug-likeness (QED) is 0.790. The standard InChI is InChI=1S/C18H18O4/c1-3-21-17(19)14-10-11-15(18(20)22-4-2)16(12-14)13-8-6-5-7-9-13/h5-12H,3-4H2,1-2H3. The lowest BCUT2D eigenvalue weighted by Crippen LogP contribution is -2.09. The third-order valence-corrected chi connectivity index (χ3v) is 3.11. The van der Waals surface area contributed by atoms with Gasteiger partial charge in [0.1, 0.15) is 0 Å². The van der Waals surface area contributed by atoms with Crippen LogP contribution in [0.5, 0.6) is 0 Å². The van der Waals surface area contributed by atoms with Crippen molar-refractivity contribution in [2.45, 2.75) is 13.8 Å². The first kappa shape index (κ1) is 15.8. The van der Waals surface area contributed by atoms with Crippen molar-refractivity contribution in [2.75, 3.05) is 13.2 Å². The van der Waals surface area contributed by atoms with Crippen LogP contribution in [0.15, 0.2) is 48.5 Å². The average molecular weight is 298 g/mol. The molecular formula is C18H18O4. The number of benzene rings is 2. The summed E-state index contributed by atoms with van der Waals surface area (Å²) in [5.41, 5.74) is 2.34. The van der Waals surface area contributed by atoms with E-state index >= 15 is 0 Å². The van der Waals surface area contributed by atoms with Crippen molar-refractivity contribution in [1.82, 2.24) is 0 Å². The number of hydrogen-bond acceptors (Lipinski definition) is 4. The van der Waals surface area contributed by atoms with Gasteiger partial charge in [0, 0.05) is 0 Å². The van der Waals surface area contributed by atoms with Gasteiger partial charge in [-0.25, -0.2) is 9.59 Å². The van der Waals surface area contributed by atoms with Crippen molar-refractivity contribution in [3.05, 3.63) is 59.7 Å². The molecule has 2 aromatic carbocycles. The van der Waals surface area contributed by atoms with E-state index in [2.05, 4.69) is 0 Å². The van der Waals surface area contributed by atoms with Crippen molar-refractivity contribution in [2.24, 2.45) is 0 Å². The fourth-order valence-electron chi connectivity index (χ4n) is 2.13. The van der Waals surface area contributed by atoms with Crippen molar-refractivity contribution >= 4 is 11.9 Å². The predicted molar refractivity (Wildman–Crippen MR) is 83.8 cm³/mol. The summed E-state index contributed by atoms with van der Waals surface area (Å²) in [4.78, 5) is 24.0. The van der Waals surface area contributed by atoms with Gasteiger partial charge in [0.25, 0.3) is 0 Å². The Morgan fingerprint density at radius 2 is 1.50 bits per heavy atom. The van der Waals surface area contributed by atoms with Crippen LogP contribution in [0.3, 0.4) is 0 Å². The first-order chi connectivity index (χ1) is 10.7. The Labute approximate surface area is 129 Å². The Bertz CT molecular complexity index is 662. The highest BCUT2D eigenvalue weighted by Gasteiger charge is 2.17. The number of hydrogen-bond donors (Lipinski definition) is 0. The van der Waals surface area contributed by atoms with Crippen LogP contribution in [0.4, 0.5) is 0 Å². The van der Waals surface area contributed by atoms with Gasteiger partial charge in [-0.05, 0) is 43.2 Å². The van der Waals surface area contributed by atoms with E-state index < -0.39 is 11.9 Å². The summed E-state index contributed by atoms with van der Waals surface area (Å²) in [6.45, 7) is 4.11. The van der Waals surface area contributed by atoms with Gasteiger partial charge in [0.05, 0.1) is 24.3 Å². The SMILES string of the molecule is CCOC(=O)c1ccc(C(=O)OCC)c(-c2ccccc2)c1. The second-order valence-electron chi connectivity index (χ2n) is 4.57. The van der Waals surface area contributed by atoms with E-state index in [1.807, 2.05) is 30.3 Å². The van der Waals surface area contributed by atoms with Crippen molar-refractivity contribution < 1.29 is 19.1 Å². The summed E-state index contributed by atoms with van der Waals surface area (Å²) < 4.78 is 10.1. The lowest BCUT2D eigenvalue weighted by molar-refractivity contribution is 0.0512. The molecular weight excluding hydrogens is 280 g/mol. The molecule has 0 unspecified atom stereocenters. The van der Waals surface area contributed by atoms with E-state index in [1.165, 1.54) is 0 Å². The van der Waals surface area contributed by atoms with Gasteiger partial charge in [-0.3, -0.25) is 0 Å². The van der Waals surface area contributed by atoms with Gasteiger partial charge in [0.2, 0.25) is 0 Å². The van der Waals surface area contributed by atoms with Gasteiger partial charge in [0.15, 0.2) is 0 Å². The zero-order valence-electron chi connectivity index (χ0n) is 12.7. The topological polar surface area (TPSA) is 52.6 Å². The van der Waals surface area contributed by atoms with E-state index in [1.54, 1.807) is 32.0 Å². The Morgan fingerprint density at radius 3 is 2.14 bits per heavy atom. The van der Waals surface area contributed by atoms with E-state index in [0.29, 0.717) is 29.9 Å². The molecule has 114 valence electrons. The monoisotopic (exact) mass is 298 g/mol. The fraction of sp³-hybridized carbons (Fsp3) is 0.222. The van der Waals surface area contributed by atoms with Crippen molar-refractivity contribution in [3.63, 3.8) is 0 Å². The van der Waals surface area contributed by atoms with Crippen LogP contribution in [0, 0.1) is 0 Å². The number of carbonyl (C=O) groups is 2. The highest BCUT2D eigenvalue weighted by atomic mass is 16.5. The molecule has 0 heterocycles. The molecule has 0 bridgehead atoms. The molecule has 0 aromatic heterocycles.